The minimum Gasteiger partial charge on any atom is -0.491 e. The number of hydrogen-bond donors (Lipinski definition) is 2. The third kappa shape index (κ3) is 6.35. The zero-order valence-electron chi connectivity index (χ0n) is 18.8. The molecule has 3 rings (SSSR count). The Morgan fingerprint density at radius 2 is 1.84 bits per heavy atom. The van der Waals surface area contributed by atoms with Gasteiger partial charge in [-0.2, -0.15) is 0 Å². The van der Waals surface area contributed by atoms with Gasteiger partial charge in [-0.1, -0.05) is 23.8 Å². The Kier molecular flexibility index (Phi) is 7.49. The number of furan rings is 1. The summed E-state index contributed by atoms with van der Waals surface area (Å²) in [4.78, 5) is 25.6. The van der Waals surface area contributed by atoms with Crippen molar-refractivity contribution in [3.63, 3.8) is 0 Å². The number of benzene rings is 2. The molecule has 32 heavy (non-hydrogen) atoms. The molecule has 0 radical (unpaired) electrons. The summed E-state index contributed by atoms with van der Waals surface area (Å²) in [7, 11) is 0. The van der Waals surface area contributed by atoms with Crippen LogP contribution < -0.4 is 15.4 Å². The molecule has 0 aliphatic heterocycles. The van der Waals surface area contributed by atoms with Crippen molar-refractivity contribution < 1.29 is 18.7 Å². The number of carbonyl (C=O) groups is 2. The lowest BCUT2D eigenvalue weighted by Gasteiger charge is -2.17. The highest BCUT2D eigenvalue weighted by atomic mass is 16.5. The zero-order valence-corrected chi connectivity index (χ0v) is 18.8. The fourth-order valence-electron chi connectivity index (χ4n) is 3.02. The summed E-state index contributed by atoms with van der Waals surface area (Å²) >= 11 is 0. The lowest BCUT2D eigenvalue weighted by atomic mass is 10.1. The molecule has 3 aromatic rings. The van der Waals surface area contributed by atoms with E-state index < -0.39 is 5.91 Å². The topological polar surface area (TPSA) is 80.6 Å². The third-order valence-corrected chi connectivity index (χ3v) is 4.96. The van der Waals surface area contributed by atoms with E-state index in [0.29, 0.717) is 11.3 Å². The molecular formula is C26H28N2O4. The molecule has 1 heterocycles. The average Bonchev–Trinajstić information content (AvgIpc) is 3.27. The number of aryl methyl sites for hydroxylation is 3. The molecule has 2 aromatic carbocycles. The molecule has 0 aliphatic rings. The van der Waals surface area contributed by atoms with Gasteiger partial charge in [0.2, 0.25) is 0 Å². The number of carbonyl (C=O) groups excluding carboxylic acids is 2. The Bertz CT molecular complexity index is 1120. The highest BCUT2D eigenvalue weighted by molar-refractivity contribution is 6.05. The first-order valence-electron chi connectivity index (χ1n) is 10.5. The highest BCUT2D eigenvalue weighted by Gasteiger charge is 2.17. The smallest absolute Gasteiger partial charge is 0.268 e. The highest BCUT2D eigenvalue weighted by Crippen LogP contribution is 2.16. The number of amides is 2. The Labute approximate surface area is 188 Å². The van der Waals surface area contributed by atoms with Crippen LogP contribution in [0.4, 0.5) is 0 Å². The molecular weight excluding hydrogens is 404 g/mol. The van der Waals surface area contributed by atoms with Crippen LogP contribution in [0.3, 0.4) is 0 Å². The normalized spacial score (nSPS) is 12.2. The third-order valence-electron chi connectivity index (χ3n) is 4.96. The predicted molar refractivity (Wildman–Crippen MR) is 124 cm³/mol. The van der Waals surface area contributed by atoms with Crippen LogP contribution >= 0.6 is 0 Å². The molecule has 0 aliphatic carbocycles. The SMILES string of the molecule is Cc1cccc(C(=O)N/C(=C\c2ccco2)C(=O)N[C@@H](C)COc2ccc(C)c(C)c2)c1. The first-order valence-corrected chi connectivity index (χ1v) is 10.5. The van der Waals surface area contributed by atoms with Gasteiger partial charge in [0.1, 0.15) is 23.8 Å². The second kappa shape index (κ2) is 10.5. The fourth-order valence-corrected chi connectivity index (χ4v) is 3.02. The van der Waals surface area contributed by atoms with Crippen LogP contribution in [0.5, 0.6) is 5.75 Å². The molecule has 1 atom stereocenters. The molecule has 2 N–H and O–H groups in total. The molecule has 0 unspecified atom stereocenters. The van der Waals surface area contributed by atoms with Gasteiger partial charge in [0.25, 0.3) is 11.8 Å². The van der Waals surface area contributed by atoms with Gasteiger partial charge in [-0.05, 0) is 75.2 Å². The number of ether oxygens (including phenoxy) is 1. The summed E-state index contributed by atoms with van der Waals surface area (Å²) < 4.78 is 11.1. The Morgan fingerprint density at radius 3 is 2.53 bits per heavy atom. The van der Waals surface area contributed by atoms with E-state index >= 15 is 0 Å². The molecule has 0 spiro atoms. The van der Waals surface area contributed by atoms with E-state index in [1.807, 2.05) is 52.0 Å². The van der Waals surface area contributed by atoms with E-state index in [2.05, 4.69) is 10.6 Å². The summed E-state index contributed by atoms with van der Waals surface area (Å²) in [6, 6.07) is 16.2. The summed E-state index contributed by atoms with van der Waals surface area (Å²) in [5, 5.41) is 5.57. The number of nitrogens with one attached hydrogen (secondary N) is 2. The summed E-state index contributed by atoms with van der Waals surface area (Å²) in [6.45, 7) is 8.09. The van der Waals surface area contributed by atoms with Crippen LogP contribution in [0.15, 0.2) is 71.0 Å². The van der Waals surface area contributed by atoms with Crippen molar-refractivity contribution in [1.29, 1.82) is 0 Å². The molecule has 6 heteroatoms. The van der Waals surface area contributed by atoms with Crippen molar-refractivity contribution in [1.82, 2.24) is 10.6 Å². The maximum Gasteiger partial charge on any atom is 0.268 e. The van der Waals surface area contributed by atoms with Crippen LogP contribution in [0, 0.1) is 20.8 Å². The van der Waals surface area contributed by atoms with Crippen LogP contribution in [0.1, 0.15) is 39.7 Å². The Hall–Kier alpha value is -3.80. The van der Waals surface area contributed by atoms with Gasteiger partial charge in [0.15, 0.2) is 0 Å². The predicted octanol–water partition coefficient (Wildman–Crippen LogP) is 4.56. The van der Waals surface area contributed by atoms with Crippen molar-refractivity contribution in [2.24, 2.45) is 0 Å². The van der Waals surface area contributed by atoms with Crippen molar-refractivity contribution in [2.45, 2.75) is 33.7 Å². The first kappa shape index (κ1) is 22.9. The zero-order chi connectivity index (χ0) is 23.1. The molecule has 0 bridgehead atoms. The van der Waals surface area contributed by atoms with Crippen molar-refractivity contribution in [2.75, 3.05) is 6.61 Å². The lowest BCUT2D eigenvalue weighted by Crippen LogP contribution is -2.41. The maximum atomic E-state index is 12.9. The van der Waals surface area contributed by atoms with Gasteiger partial charge in [-0.3, -0.25) is 9.59 Å². The van der Waals surface area contributed by atoms with E-state index in [4.69, 9.17) is 9.15 Å². The van der Waals surface area contributed by atoms with Gasteiger partial charge in [0.05, 0.1) is 12.3 Å². The van der Waals surface area contributed by atoms with Gasteiger partial charge < -0.3 is 19.8 Å². The van der Waals surface area contributed by atoms with Gasteiger partial charge in [0, 0.05) is 11.6 Å². The maximum absolute atomic E-state index is 12.9. The second-order valence-corrected chi connectivity index (χ2v) is 7.83. The summed E-state index contributed by atoms with van der Waals surface area (Å²) in [5.74, 6) is 0.395. The van der Waals surface area contributed by atoms with Crippen LogP contribution in [-0.4, -0.2) is 24.5 Å². The molecule has 0 fully saturated rings. The van der Waals surface area contributed by atoms with E-state index in [0.717, 1.165) is 16.9 Å². The molecule has 0 saturated carbocycles. The van der Waals surface area contributed by atoms with E-state index in [1.54, 1.807) is 30.3 Å². The number of rotatable bonds is 8. The van der Waals surface area contributed by atoms with Crippen molar-refractivity contribution >= 4 is 17.9 Å². The van der Waals surface area contributed by atoms with E-state index in [-0.39, 0.29) is 24.3 Å². The van der Waals surface area contributed by atoms with Crippen LogP contribution in [-0.2, 0) is 4.79 Å². The molecule has 1 aromatic heterocycles. The van der Waals surface area contributed by atoms with Crippen molar-refractivity contribution in [3.8, 4) is 5.75 Å². The minimum atomic E-state index is -0.432. The quantitative estimate of drug-likeness (QED) is 0.512. The lowest BCUT2D eigenvalue weighted by molar-refractivity contribution is -0.118. The standard InChI is InChI=1S/C26H28N2O4/c1-17-7-5-8-21(13-17)25(29)28-24(15-22-9-6-12-31-22)26(30)27-20(4)16-32-23-11-10-18(2)19(3)14-23/h5-15,20H,16H2,1-4H3,(H,27,30)(H,28,29)/b24-15-/t20-/m0/s1. The van der Waals surface area contributed by atoms with Gasteiger partial charge in [-0.15, -0.1) is 0 Å². The van der Waals surface area contributed by atoms with Gasteiger partial charge in [-0.25, -0.2) is 0 Å². The molecule has 2 amide bonds. The van der Waals surface area contributed by atoms with Crippen LogP contribution in [0.2, 0.25) is 0 Å². The monoisotopic (exact) mass is 432 g/mol. The van der Waals surface area contributed by atoms with E-state index in [1.165, 1.54) is 17.9 Å². The van der Waals surface area contributed by atoms with Crippen LogP contribution in [0.25, 0.3) is 6.08 Å². The Balaban J connectivity index is 1.68. The van der Waals surface area contributed by atoms with Crippen molar-refractivity contribution in [3.05, 3.63) is 94.6 Å². The molecule has 0 saturated heterocycles. The summed E-state index contributed by atoms with van der Waals surface area (Å²) in [6.07, 6.45) is 3.00. The molecule has 166 valence electrons. The van der Waals surface area contributed by atoms with E-state index in [9.17, 15) is 9.59 Å². The largest absolute Gasteiger partial charge is 0.491 e. The van der Waals surface area contributed by atoms with Gasteiger partial charge >= 0.3 is 0 Å². The number of hydrogen-bond acceptors (Lipinski definition) is 4. The first-order chi connectivity index (χ1) is 15.3. The summed E-state index contributed by atoms with van der Waals surface area (Å²) in [5.41, 5.74) is 3.84. The fraction of sp³-hybridized carbons (Fsp3) is 0.231. The average molecular weight is 433 g/mol. The molecule has 6 nitrogen and oxygen atoms in total. The minimum absolute atomic E-state index is 0.0875. The Morgan fingerprint density at radius 1 is 1.03 bits per heavy atom. The second-order valence-electron chi connectivity index (χ2n) is 7.83.